The maximum atomic E-state index is 10.5. The molecule has 2 aromatic carbocycles. The molecule has 7 N–H and O–H groups in total. The topological polar surface area (TPSA) is 134 Å². The SMILES string of the molecule is N=C(N)c1ccc(Nc2ncnc(-c3ccc(Cl)cc3)c2O)cc1N. The van der Waals surface area contributed by atoms with E-state index in [9.17, 15) is 5.11 Å². The zero-order valence-electron chi connectivity index (χ0n) is 13.0. The lowest BCUT2D eigenvalue weighted by Crippen LogP contribution is -2.13. The Kier molecular flexibility index (Phi) is 4.40. The van der Waals surface area contributed by atoms with E-state index in [1.165, 1.54) is 6.33 Å². The van der Waals surface area contributed by atoms with Gasteiger partial charge in [0.2, 0.25) is 0 Å². The predicted molar refractivity (Wildman–Crippen MR) is 99.3 cm³/mol. The fourth-order valence-corrected chi connectivity index (χ4v) is 2.44. The lowest BCUT2D eigenvalue weighted by molar-refractivity contribution is 0.475. The quantitative estimate of drug-likeness (QED) is 0.277. The Labute approximate surface area is 148 Å². The molecule has 126 valence electrons. The standard InChI is InChI=1S/C17H15ClN6O/c18-10-3-1-9(2-4-10)14-15(25)17(23-8-22-14)24-11-5-6-12(16(20)21)13(19)7-11/h1-8,25H,19H2,(H3,20,21)(H,22,23,24). The van der Waals surface area contributed by atoms with Gasteiger partial charge in [-0.3, -0.25) is 5.41 Å². The average Bonchev–Trinajstić information content (AvgIpc) is 2.57. The van der Waals surface area contributed by atoms with Crippen molar-refractivity contribution in [2.75, 3.05) is 11.1 Å². The molecule has 0 unspecified atom stereocenters. The van der Waals surface area contributed by atoms with Crippen LogP contribution in [-0.4, -0.2) is 20.9 Å². The molecule has 0 spiro atoms. The Morgan fingerprint density at radius 2 is 1.84 bits per heavy atom. The first-order valence-electron chi connectivity index (χ1n) is 7.26. The van der Waals surface area contributed by atoms with Crippen molar-refractivity contribution in [3.05, 3.63) is 59.4 Å². The maximum absolute atomic E-state index is 10.5. The van der Waals surface area contributed by atoms with Gasteiger partial charge in [-0.05, 0) is 30.3 Å². The van der Waals surface area contributed by atoms with Gasteiger partial charge in [0.25, 0.3) is 0 Å². The molecule has 3 aromatic rings. The zero-order valence-corrected chi connectivity index (χ0v) is 13.7. The van der Waals surface area contributed by atoms with Gasteiger partial charge in [-0.1, -0.05) is 23.7 Å². The number of hydrogen-bond donors (Lipinski definition) is 5. The number of nitrogen functional groups attached to an aromatic ring is 2. The maximum Gasteiger partial charge on any atom is 0.185 e. The molecular formula is C17H15ClN6O. The summed E-state index contributed by atoms with van der Waals surface area (Å²) in [5.41, 5.74) is 13.8. The highest BCUT2D eigenvalue weighted by Crippen LogP contribution is 2.34. The van der Waals surface area contributed by atoms with Crippen LogP contribution >= 0.6 is 11.6 Å². The number of halogens is 1. The van der Waals surface area contributed by atoms with Crippen LogP contribution in [-0.2, 0) is 0 Å². The molecule has 0 fully saturated rings. The Balaban J connectivity index is 1.94. The van der Waals surface area contributed by atoms with Gasteiger partial charge in [0, 0.05) is 27.5 Å². The van der Waals surface area contributed by atoms with E-state index >= 15 is 0 Å². The van der Waals surface area contributed by atoms with E-state index in [2.05, 4.69) is 15.3 Å². The molecule has 0 aliphatic carbocycles. The molecule has 0 saturated heterocycles. The summed E-state index contributed by atoms with van der Waals surface area (Å²) in [5, 5.41) is 21.5. The lowest BCUT2D eigenvalue weighted by atomic mass is 10.1. The van der Waals surface area contributed by atoms with Crippen LogP contribution in [0.3, 0.4) is 0 Å². The molecule has 0 radical (unpaired) electrons. The summed E-state index contributed by atoms with van der Waals surface area (Å²) < 4.78 is 0. The molecule has 1 aromatic heterocycles. The average molecular weight is 355 g/mol. The Hall–Kier alpha value is -3.32. The molecule has 0 amide bonds. The van der Waals surface area contributed by atoms with Gasteiger partial charge in [-0.25, -0.2) is 9.97 Å². The van der Waals surface area contributed by atoms with Crippen molar-refractivity contribution in [3.8, 4) is 17.0 Å². The minimum absolute atomic E-state index is 0.0981. The molecule has 3 rings (SSSR count). The zero-order chi connectivity index (χ0) is 18.0. The van der Waals surface area contributed by atoms with E-state index in [0.717, 1.165) is 0 Å². The van der Waals surface area contributed by atoms with Crippen LogP contribution in [0.1, 0.15) is 5.56 Å². The minimum atomic E-state index is -0.112. The van der Waals surface area contributed by atoms with E-state index in [4.69, 9.17) is 28.5 Å². The summed E-state index contributed by atoms with van der Waals surface area (Å²) in [6, 6.07) is 11.9. The summed E-state index contributed by atoms with van der Waals surface area (Å²) in [6.45, 7) is 0. The number of aromatic hydroxyl groups is 1. The van der Waals surface area contributed by atoms with Gasteiger partial charge < -0.3 is 21.9 Å². The number of amidine groups is 1. The fraction of sp³-hybridized carbons (Fsp3) is 0. The number of nitrogens with two attached hydrogens (primary N) is 2. The van der Waals surface area contributed by atoms with Crippen molar-refractivity contribution in [3.63, 3.8) is 0 Å². The van der Waals surface area contributed by atoms with E-state index in [1.54, 1.807) is 42.5 Å². The summed E-state index contributed by atoms with van der Waals surface area (Å²) >= 11 is 5.88. The number of rotatable bonds is 4. The third-order valence-corrected chi connectivity index (χ3v) is 3.80. The van der Waals surface area contributed by atoms with Crippen LogP contribution in [0, 0.1) is 5.41 Å². The highest BCUT2D eigenvalue weighted by molar-refractivity contribution is 6.30. The molecule has 1 heterocycles. The second kappa shape index (κ2) is 6.66. The van der Waals surface area contributed by atoms with Crippen molar-refractivity contribution in [2.45, 2.75) is 0 Å². The van der Waals surface area contributed by atoms with E-state index in [-0.39, 0.29) is 17.4 Å². The number of aromatic nitrogens is 2. The third-order valence-electron chi connectivity index (χ3n) is 3.54. The molecule has 0 bridgehead atoms. The van der Waals surface area contributed by atoms with Crippen LogP contribution in [0.15, 0.2) is 48.8 Å². The Bertz CT molecular complexity index is 942. The van der Waals surface area contributed by atoms with Gasteiger partial charge in [-0.15, -0.1) is 0 Å². The molecular weight excluding hydrogens is 340 g/mol. The highest BCUT2D eigenvalue weighted by atomic mass is 35.5. The van der Waals surface area contributed by atoms with E-state index in [1.807, 2.05) is 0 Å². The third kappa shape index (κ3) is 3.46. The Morgan fingerprint density at radius 1 is 1.12 bits per heavy atom. The summed E-state index contributed by atoms with van der Waals surface area (Å²) in [7, 11) is 0. The van der Waals surface area contributed by atoms with Crippen molar-refractivity contribution in [1.29, 1.82) is 5.41 Å². The molecule has 8 heteroatoms. The lowest BCUT2D eigenvalue weighted by Gasteiger charge is -2.12. The smallest absolute Gasteiger partial charge is 0.185 e. The van der Waals surface area contributed by atoms with E-state index in [0.29, 0.717) is 33.2 Å². The van der Waals surface area contributed by atoms with Crippen molar-refractivity contribution in [2.24, 2.45) is 5.73 Å². The summed E-state index contributed by atoms with van der Waals surface area (Å²) in [5.74, 6) is 0.0212. The van der Waals surface area contributed by atoms with Crippen LogP contribution in [0.4, 0.5) is 17.2 Å². The molecule has 7 nitrogen and oxygen atoms in total. The molecule has 0 aliphatic rings. The molecule has 0 saturated carbocycles. The first-order chi connectivity index (χ1) is 12.0. The van der Waals surface area contributed by atoms with Gasteiger partial charge in [-0.2, -0.15) is 0 Å². The second-order valence-corrected chi connectivity index (χ2v) is 5.70. The monoisotopic (exact) mass is 354 g/mol. The fourth-order valence-electron chi connectivity index (χ4n) is 2.31. The van der Waals surface area contributed by atoms with Gasteiger partial charge in [0.15, 0.2) is 11.6 Å². The van der Waals surface area contributed by atoms with Crippen LogP contribution < -0.4 is 16.8 Å². The van der Waals surface area contributed by atoms with E-state index < -0.39 is 0 Å². The van der Waals surface area contributed by atoms with Crippen LogP contribution in [0.25, 0.3) is 11.3 Å². The van der Waals surface area contributed by atoms with Gasteiger partial charge in [0.1, 0.15) is 17.9 Å². The summed E-state index contributed by atoms with van der Waals surface area (Å²) in [4.78, 5) is 8.18. The minimum Gasteiger partial charge on any atom is -0.503 e. The van der Waals surface area contributed by atoms with Crippen molar-refractivity contribution < 1.29 is 5.11 Å². The summed E-state index contributed by atoms with van der Waals surface area (Å²) in [6.07, 6.45) is 1.35. The second-order valence-electron chi connectivity index (χ2n) is 5.27. The predicted octanol–water partition coefficient (Wildman–Crippen LogP) is 3.11. The largest absolute Gasteiger partial charge is 0.503 e. The number of nitrogens with zero attached hydrogens (tertiary/aromatic N) is 2. The highest BCUT2D eigenvalue weighted by Gasteiger charge is 2.13. The first-order valence-corrected chi connectivity index (χ1v) is 7.64. The van der Waals surface area contributed by atoms with Gasteiger partial charge in [0.05, 0.1) is 0 Å². The van der Waals surface area contributed by atoms with Crippen molar-refractivity contribution >= 4 is 34.6 Å². The normalized spacial score (nSPS) is 10.4. The van der Waals surface area contributed by atoms with Crippen LogP contribution in [0.5, 0.6) is 5.75 Å². The van der Waals surface area contributed by atoms with Gasteiger partial charge >= 0.3 is 0 Å². The molecule has 25 heavy (non-hydrogen) atoms. The number of nitrogens with one attached hydrogen (secondary N) is 2. The molecule has 0 aliphatic heterocycles. The number of hydrogen-bond acceptors (Lipinski definition) is 6. The van der Waals surface area contributed by atoms with Crippen molar-refractivity contribution in [1.82, 2.24) is 9.97 Å². The Morgan fingerprint density at radius 3 is 2.48 bits per heavy atom. The number of benzene rings is 2. The van der Waals surface area contributed by atoms with Crippen LogP contribution in [0.2, 0.25) is 5.02 Å². The molecule has 0 atom stereocenters. The first kappa shape index (κ1) is 16.5. The number of anilines is 3.